The average Bonchev–Trinajstić information content (AvgIpc) is 2.24. The van der Waals surface area contributed by atoms with Crippen LogP contribution in [0.3, 0.4) is 0 Å². The van der Waals surface area contributed by atoms with E-state index in [9.17, 15) is 8.42 Å². The molecule has 1 N–H and O–H groups in total. The van der Waals surface area contributed by atoms with Crippen molar-refractivity contribution in [3.05, 3.63) is 23.9 Å². The molecule has 6 heteroatoms. The molecule has 1 fully saturated rings. The summed E-state index contributed by atoms with van der Waals surface area (Å²) in [7, 11) is -1.59. The molecular formula is C11H16N2O3S. The van der Waals surface area contributed by atoms with E-state index in [4.69, 9.17) is 4.74 Å². The highest BCUT2D eigenvalue weighted by Gasteiger charge is 2.25. The Kier molecular flexibility index (Phi) is 3.63. The first-order chi connectivity index (χ1) is 8.11. The fraction of sp³-hybridized carbons (Fsp3) is 0.545. The maximum Gasteiger partial charge on any atom is 0.217 e. The normalized spacial score (nSPS) is 16.5. The SMILES string of the molecule is COc1ncccc1CS(=O)(=O)CC1CNC1. The molecule has 17 heavy (non-hydrogen) atoms. The standard InChI is InChI=1S/C11H16N2O3S/c1-16-11-10(3-2-4-13-11)8-17(14,15)7-9-5-12-6-9/h2-4,9,12H,5-8H2,1H3. The van der Waals surface area contributed by atoms with E-state index in [1.165, 1.54) is 7.11 Å². The Morgan fingerprint density at radius 2 is 2.29 bits per heavy atom. The number of nitrogens with one attached hydrogen (secondary N) is 1. The van der Waals surface area contributed by atoms with Gasteiger partial charge >= 0.3 is 0 Å². The van der Waals surface area contributed by atoms with E-state index in [0.29, 0.717) is 11.4 Å². The lowest BCUT2D eigenvalue weighted by Crippen LogP contribution is -2.45. The summed E-state index contributed by atoms with van der Waals surface area (Å²) in [6.07, 6.45) is 1.59. The van der Waals surface area contributed by atoms with Crippen LogP contribution in [-0.2, 0) is 15.6 Å². The zero-order valence-corrected chi connectivity index (χ0v) is 10.5. The highest BCUT2D eigenvalue weighted by Crippen LogP contribution is 2.19. The molecule has 1 aliphatic rings. The minimum absolute atomic E-state index is 0.000509. The molecule has 0 unspecified atom stereocenters. The Labute approximate surface area is 101 Å². The Morgan fingerprint density at radius 1 is 1.53 bits per heavy atom. The molecule has 0 saturated carbocycles. The fourth-order valence-electron chi connectivity index (χ4n) is 1.84. The van der Waals surface area contributed by atoms with Gasteiger partial charge in [0.2, 0.25) is 5.88 Å². The monoisotopic (exact) mass is 256 g/mol. The van der Waals surface area contributed by atoms with Crippen molar-refractivity contribution in [2.45, 2.75) is 5.75 Å². The molecule has 1 saturated heterocycles. The summed E-state index contributed by atoms with van der Waals surface area (Å²) >= 11 is 0. The van der Waals surface area contributed by atoms with Crippen molar-refractivity contribution in [2.75, 3.05) is 26.0 Å². The molecule has 0 spiro atoms. The molecule has 1 aromatic heterocycles. The van der Waals surface area contributed by atoms with Crippen molar-refractivity contribution in [3.63, 3.8) is 0 Å². The van der Waals surface area contributed by atoms with Gasteiger partial charge in [-0.2, -0.15) is 0 Å². The van der Waals surface area contributed by atoms with Crippen LogP contribution in [0, 0.1) is 5.92 Å². The lowest BCUT2D eigenvalue weighted by Gasteiger charge is -2.26. The van der Waals surface area contributed by atoms with Crippen LogP contribution in [0.1, 0.15) is 5.56 Å². The highest BCUT2D eigenvalue weighted by atomic mass is 32.2. The van der Waals surface area contributed by atoms with Crippen molar-refractivity contribution < 1.29 is 13.2 Å². The van der Waals surface area contributed by atoms with Crippen molar-refractivity contribution in [1.82, 2.24) is 10.3 Å². The smallest absolute Gasteiger partial charge is 0.217 e. The summed E-state index contributed by atoms with van der Waals surface area (Å²) in [5, 5.41) is 3.07. The van der Waals surface area contributed by atoms with E-state index in [-0.39, 0.29) is 17.4 Å². The van der Waals surface area contributed by atoms with Gasteiger partial charge in [-0.05, 0) is 12.0 Å². The van der Waals surface area contributed by atoms with E-state index in [2.05, 4.69) is 10.3 Å². The lowest BCUT2D eigenvalue weighted by molar-refractivity contribution is 0.378. The number of nitrogens with zero attached hydrogens (tertiary/aromatic N) is 1. The molecule has 0 aromatic carbocycles. The van der Waals surface area contributed by atoms with Gasteiger partial charge in [0.15, 0.2) is 9.84 Å². The summed E-state index contributed by atoms with van der Waals surface area (Å²) in [5.74, 6) is 0.879. The van der Waals surface area contributed by atoms with Crippen LogP contribution in [0.25, 0.3) is 0 Å². The lowest BCUT2D eigenvalue weighted by atomic mass is 10.1. The first-order valence-corrected chi connectivity index (χ1v) is 7.32. The fourth-order valence-corrected chi connectivity index (χ4v) is 3.60. The Bertz CT molecular complexity index is 483. The van der Waals surface area contributed by atoms with Gasteiger partial charge in [-0.1, -0.05) is 6.07 Å². The van der Waals surface area contributed by atoms with E-state index < -0.39 is 9.84 Å². The third kappa shape index (κ3) is 3.17. The number of methoxy groups -OCH3 is 1. The topological polar surface area (TPSA) is 68.3 Å². The van der Waals surface area contributed by atoms with Crippen molar-refractivity contribution in [3.8, 4) is 5.88 Å². The van der Waals surface area contributed by atoms with Crippen LogP contribution in [0.2, 0.25) is 0 Å². The zero-order chi connectivity index (χ0) is 12.3. The number of pyridine rings is 1. The molecule has 2 heterocycles. The molecule has 0 atom stereocenters. The molecular weight excluding hydrogens is 240 g/mol. The second-order valence-corrected chi connectivity index (χ2v) is 6.36. The van der Waals surface area contributed by atoms with E-state index in [1.54, 1.807) is 18.3 Å². The van der Waals surface area contributed by atoms with Gasteiger partial charge in [0, 0.05) is 24.8 Å². The number of hydrogen-bond acceptors (Lipinski definition) is 5. The van der Waals surface area contributed by atoms with Crippen LogP contribution < -0.4 is 10.1 Å². The summed E-state index contributed by atoms with van der Waals surface area (Å²) < 4.78 is 29.0. The molecule has 2 rings (SSSR count). The van der Waals surface area contributed by atoms with Crippen molar-refractivity contribution in [2.24, 2.45) is 5.92 Å². The first kappa shape index (κ1) is 12.3. The van der Waals surface area contributed by atoms with Crippen molar-refractivity contribution in [1.29, 1.82) is 0 Å². The number of rotatable bonds is 5. The molecule has 0 bridgehead atoms. The van der Waals surface area contributed by atoms with Crippen LogP contribution in [0.4, 0.5) is 0 Å². The molecule has 1 aromatic rings. The Hall–Kier alpha value is -1.14. The third-order valence-corrected chi connectivity index (χ3v) is 4.50. The van der Waals surface area contributed by atoms with Crippen LogP contribution in [-0.4, -0.2) is 39.4 Å². The highest BCUT2D eigenvalue weighted by molar-refractivity contribution is 7.90. The molecule has 94 valence electrons. The Balaban J connectivity index is 2.08. The summed E-state index contributed by atoms with van der Waals surface area (Å²) in [5.41, 5.74) is 0.627. The van der Waals surface area contributed by atoms with Gasteiger partial charge in [0.25, 0.3) is 0 Å². The number of sulfone groups is 1. The van der Waals surface area contributed by atoms with E-state index in [1.807, 2.05) is 0 Å². The zero-order valence-electron chi connectivity index (χ0n) is 9.72. The minimum atomic E-state index is -3.09. The largest absolute Gasteiger partial charge is 0.481 e. The molecule has 5 nitrogen and oxygen atoms in total. The molecule has 0 radical (unpaired) electrons. The summed E-state index contributed by atoms with van der Waals surface area (Å²) in [4.78, 5) is 4.00. The van der Waals surface area contributed by atoms with Crippen LogP contribution in [0.5, 0.6) is 5.88 Å². The molecule has 0 aliphatic carbocycles. The number of hydrogen-bond donors (Lipinski definition) is 1. The summed E-state index contributed by atoms with van der Waals surface area (Å²) in [6.45, 7) is 1.59. The number of aromatic nitrogens is 1. The predicted octanol–water partition coefficient (Wildman–Crippen LogP) is 0.224. The number of ether oxygens (including phenoxy) is 1. The van der Waals surface area contributed by atoms with Crippen LogP contribution >= 0.6 is 0 Å². The molecule has 1 aliphatic heterocycles. The quantitative estimate of drug-likeness (QED) is 0.816. The molecule has 0 amide bonds. The van der Waals surface area contributed by atoms with Gasteiger partial charge in [0.1, 0.15) is 0 Å². The predicted molar refractivity (Wildman–Crippen MR) is 64.6 cm³/mol. The second-order valence-electron chi connectivity index (χ2n) is 4.25. The van der Waals surface area contributed by atoms with Crippen molar-refractivity contribution >= 4 is 9.84 Å². The average molecular weight is 256 g/mol. The minimum Gasteiger partial charge on any atom is -0.481 e. The van der Waals surface area contributed by atoms with E-state index >= 15 is 0 Å². The van der Waals surface area contributed by atoms with Gasteiger partial charge in [0.05, 0.1) is 18.6 Å². The first-order valence-electron chi connectivity index (χ1n) is 5.50. The van der Waals surface area contributed by atoms with Gasteiger partial charge in [-0.25, -0.2) is 13.4 Å². The van der Waals surface area contributed by atoms with Gasteiger partial charge in [-0.15, -0.1) is 0 Å². The maximum absolute atomic E-state index is 12.0. The van der Waals surface area contributed by atoms with Gasteiger partial charge in [-0.3, -0.25) is 0 Å². The second kappa shape index (κ2) is 5.01. The van der Waals surface area contributed by atoms with Crippen LogP contribution in [0.15, 0.2) is 18.3 Å². The Morgan fingerprint density at radius 3 is 2.88 bits per heavy atom. The van der Waals surface area contributed by atoms with Gasteiger partial charge < -0.3 is 10.1 Å². The summed E-state index contributed by atoms with van der Waals surface area (Å²) in [6, 6.07) is 3.46. The maximum atomic E-state index is 12.0. The third-order valence-electron chi connectivity index (χ3n) is 2.77. The van der Waals surface area contributed by atoms with E-state index in [0.717, 1.165) is 13.1 Å².